The molecule has 0 radical (unpaired) electrons. The average Bonchev–Trinajstić information content (AvgIpc) is 3.10. The van der Waals surface area contributed by atoms with Gasteiger partial charge in [0, 0.05) is 42.5 Å². The number of H-pyrrole nitrogens is 1. The zero-order chi connectivity index (χ0) is 17.8. The molecule has 1 fully saturated rings. The first kappa shape index (κ1) is 16.6. The Morgan fingerprint density at radius 2 is 1.96 bits per heavy atom. The normalized spacial score (nSPS) is 15.3. The second-order valence-corrected chi connectivity index (χ2v) is 6.84. The molecule has 0 aliphatic carbocycles. The van der Waals surface area contributed by atoms with Gasteiger partial charge in [-0.15, -0.1) is 0 Å². The first-order valence-electron chi connectivity index (χ1n) is 9.16. The number of ether oxygens (including phenoxy) is 1. The Morgan fingerprint density at radius 3 is 2.77 bits per heavy atom. The van der Waals surface area contributed by atoms with Crippen molar-refractivity contribution in [2.75, 3.05) is 19.7 Å². The van der Waals surface area contributed by atoms with Gasteiger partial charge in [-0.3, -0.25) is 4.79 Å². The number of rotatable bonds is 5. The Kier molecular flexibility index (Phi) is 4.86. The summed E-state index contributed by atoms with van der Waals surface area (Å²) < 4.78 is 5.76. The number of para-hydroxylation sites is 1. The molecule has 1 saturated heterocycles. The fraction of sp³-hybridized carbons (Fsp3) is 0.333. The highest BCUT2D eigenvalue weighted by atomic mass is 16.5. The molecule has 3 heterocycles. The van der Waals surface area contributed by atoms with Crippen molar-refractivity contribution in [1.82, 2.24) is 14.9 Å². The van der Waals surface area contributed by atoms with Crippen molar-refractivity contribution in [2.45, 2.75) is 19.3 Å². The van der Waals surface area contributed by atoms with Crippen LogP contribution in [0.25, 0.3) is 10.9 Å². The molecule has 5 heteroatoms. The lowest BCUT2D eigenvalue weighted by Gasteiger charge is -2.31. The van der Waals surface area contributed by atoms with E-state index in [2.05, 4.69) is 16.0 Å². The molecule has 0 spiro atoms. The lowest BCUT2D eigenvalue weighted by molar-refractivity contribution is -0.132. The Balaban J connectivity index is 1.28. The van der Waals surface area contributed by atoms with Gasteiger partial charge >= 0.3 is 0 Å². The van der Waals surface area contributed by atoms with E-state index in [9.17, 15) is 4.79 Å². The summed E-state index contributed by atoms with van der Waals surface area (Å²) in [5, 5.41) is 1.14. The largest absolute Gasteiger partial charge is 0.477 e. The molecule has 1 aliphatic rings. The van der Waals surface area contributed by atoms with Crippen molar-refractivity contribution >= 4 is 16.8 Å². The fourth-order valence-corrected chi connectivity index (χ4v) is 3.54. The molecule has 1 aliphatic heterocycles. The van der Waals surface area contributed by atoms with E-state index in [1.165, 1.54) is 0 Å². The van der Waals surface area contributed by atoms with Crippen LogP contribution in [0.3, 0.4) is 0 Å². The molecular weight excluding hydrogens is 326 g/mol. The van der Waals surface area contributed by atoms with E-state index in [0.29, 0.717) is 24.8 Å². The van der Waals surface area contributed by atoms with Gasteiger partial charge in [0.15, 0.2) is 0 Å². The third kappa shape index (κ3) is 3.72. The van der Waals surface area contributed by atoms with Crippen LogP contribution >= 0.6 is 0 Å². The van der Waals surface area contributed by atoms with Gasteiger partial charge in [0.05, 0.1) is 13.0 Å². The standard InChI is InChI=1S/C21H23N3O2/c25-21(13-17-14-23-19-6-2-1-5-18(17)19)24-11-8-16(9-12-24)15-26-20-7-3-4-10-22-20/h1-7,10,14,16,23H,8-9,11-13,15H2. The van der Waals surface area contributed by atoms with Crippen molar-refractivity contribution in [3.63, 3.8) is 0 Å². The maximum atomic E-state index is 12.7. The van der Waals surface area contributed by atoms with Crippen LogP contribution in [0.2, 0.25) is 0 Å². The summed E-state index contributed by atoms with van der Waals surface area (Å²) in [6, 6.07) is 13.8. The van der Waals surface area contributed by atoms with Gasteiger partial charge in [0.1, 0.15) is 0 Å². The van der Waals surface area contributed by atoms with Crippen LogP contribution in [0.5, 0.6) is 5.88 Å². The van der Waals surface area contributed by atoms with Crippen LogP contribution in [0.4, 0.5) is 0 Å². The van der Waals surface area contributed by atoms with Crippen molar-refractivity contribution in [3.05, 3.63) is 60.4 Å². The minimum atomic E-state index is 0.207. The number of carbonyl (C=O) groups excluding carboxylic acids is 1. The third-order valence-electron chi connectivity index (χ3n) is 5.09. The summed E-state index contributed by atoms with van der Waals surface area (Å²) in [6.45, 7) is 2.27. The number of likely N-dealkylation sites (tertiary alicyclic amines) is 1. The van der Waals surface area contributed by atoms with Crippen LogP contribution in [0.15, 0.2) is 54.9 Å². The lowest BCUT2D eigenvalue weighted by Crippen LogP contribution is -2.40. The van der Waals surface area contributed by atoms with Gasteiger partial charge < -0.3 is 14.6 Å². The summed E-state index contributed by atoms with van der Waals surface area (Å²) in [6.07, 6.45) is 6.11. The number of aromatic amines is 1. The van der Waals surface area contributed by atoms with Gasteiger partial charge in [0.2, 0.25) is 11.8 Å². The molecule has 4 rings (SSSR count). The number of amides is 1. The highest BCUT2D eigenvalue weighted by Crippen LogP contribution is 2.22. The monoisotopic (exact) mass is 349 g/mol. The van der Waals surface area contributed by atoms with Gasteiger partial charge in [-0.05, 0) is 36.5 Å². The van der Waals surface area contributed by atoms with Gasteiger partial charge in [-0.25, -0.2) is 4.98 Å². The molecule has 1 amide bonds. The third-order valence-corrected chi connectivity index (χ3v) is 5.09. The number of pyridine rings is 1. The summed E-state index contributed by atoms with van der Waals surface area (Å²) in [5.41, 5.74) is 2.16. The molecule has 2 aromatic heterocycles. The highest BCUT2D eigenvalue weighted by molar-refractivity contribution is 5.88. The molecule has 1 aromatic carbocycles. The van der Waals surface area contributed by atoms with Crippen LogP contribution < -0.4 is 4.74 Å². The van der Waals surface area contributed by atoms with E-state index in [-0.39, 0.29) is 5.91 Å². The number of piperidine rings is 1. The first-order chi connectivity index (χ1) is 12.8. The van der Waals surface area contributed by atoms with Gasteiger partial charge in [0.25, 0.3) is 0 Å². The molecule has 5 nitrogen and oxygen atoms in total. The summed E-state index contributed by atoms with van der Waals surface area (Å²) in [7, 11) is 0. The van der Waals surface area contributed by atoms with E-state index in [1.54, 1.807) is 6.20 Å². The number of aromatic nitrogens is 2. The molecule has 0 unspecified atom stereocenters. The number of nitrogens with zero attached hydrogens (tertiary/aromatic N) is 2. The second kappa shape index (κ2) is 7.60. The summed E-state index contributed by atoms with van der Waals surface area (Å²) >= 11 is 0. The molecule has 0 atom stereocenters. The fourth-order valence-electron chi connectivity index (χ4n) is 3.54. The number of hydrogen-bond donors (Lipinski definition) is 1. The first-order valence-corrected chi connectivity index (χ1v) is 9.16. The Labute approximate surface area is 153 Å². The number of benzene rings is 1. The zero-order valence-electron chi connectivity index (χ0n) is 14.7. The SMILES string of the molecule is O=C(Cc1c[nH]c2ccccc12)N1CCC(COc2ccccn2)CC1. The number of nitrogens with one attached hydrogen (secondary N) is 1. The Hall–Kier alpha value is -2.82. The minimum absolute atomic E-state index is 0.207. The molecule has 0 saturated carbocycles. The Morgan fingerprint density at radius 1 is 1.15 bits per heavy atom. The van der Waals surface area contributed by atoms with Crippen molar-refractivity contribution in [1.29, 1.82) is 0 Å². The quantitative estimate of drug-likeness (QED) is 0.768. The number of fused-ring (bicyclic) bond motifs is 1. The number of carbonyl (C=O) groups is 1. The Bertz CT molecular complexity index is 867. The van der Waals surface area contributed by atoms with Gasteiger partial charge in [-0.2, -0.15) is 0 Å². The van der Waals surface area contributed by atoms with E-state index in [1.807, 2.05) is 47.5 Å². The van der Waals surface area contributed by atoms with Crippen molar-refractivity contribution in [2.24, 2.45) is 5.92 Å². The highest BCUT2D eigenvalue weighted by Gasteiger charge is 2.24. The molecule has 134 valence electrons. The van der Waals surface area contributed by atoms with Crippen LogP contribution in [0.1, 0.15) is 18.4 Å². The molecule has 0 bridgehead atoms. The van der Waals surface area contributed by atoms with Gasteiger partial charge in [-0.1, -0.05) is 24.3 Å². The smallest absolute Gasteiger partial charge is 0.227 e. The van der Waals surface area contributed by atoms with E-state index >= 15 is 0 Å². The summed E-state index contributed by atoms with van der Waals surface area (Å²) in [5.74, 6) is 1.36. The van der Waals surface area contributed by atoms with E-state index in [0.717, 1.165) is 42.4 Å². The maximum absolute atomic E-state index is 12.7. The minimum Gasteiger partial charge on any atom is -0.477 e. The topological polar surface area (TPSA) is 58.2 Å². The van der Waals surface area contributed by atoms with E-state index in [4.69, 9.17) is 4.74 Å². The molecular formula is C21H23N3O2. The van der Waals surface area contributed by atoms with Crippen LogP contribution in [-0.4, -0.2) is 40.5 Å². The van der Waals surface area contributed by atoms with Crippen LogP contribution in [-0.2, 0) is 11.2 Å². The van der Waals surface area contributed by atoms with Crippen LogP contribution in [0, 0.1) is 5.92 Å². The molecule has 26 heavy (non-hydrogen) atoms. The predicted octanol–water partition coefficient (Wildman–Crippen LogP) is 3.42. The second-order valence-electron chi connectivity index (χ2n) is 6.84. The lowest BCUT2D eigenvalue weighted by atomic mass is 9.97. The average molecular weight is 349 g/mol. The predicted molar refractivity (Wildman–Crippen MR) is 101 cm³/mol. The van der Waals surface area contributed by atoms with Crippen molar-refractivity contribution in [3.8, 4) is 5.88 Å². The molecule has 3 aromatic rings. The summed E-state index contributed by atoms with van der Waals surface area (Å²) in [4.78, 5) is 22.1. The van der Waals surface area contributed by atoms with E-state index < -0.39 is 0 Å². The zero-order valence-corrected chi connectivity index (χ0v) is 14.7. The van der Waals surface area contributed by atoms with Crippen molar-refractivity contribution < 1.29 is 9.53 Å². The maximum Gasteiger partial charge on any atom is 0.227 e. The molecule has 1 N–H and O–H groups in total. The number of hydrogen-bond acceptors (Lipinski definition) is 3.